The van der Waals surface area contributed by atoms with Crippen molar-refractivity contribution in [3.8, 4) is 16.9 Å². The second kappa shape index (κ2) is 4.59. The van der Waals surface area contributed by atoms with E-state index in [2.05, 4.69) is 5.10 Å². The Morgan fingerprint density at radius 3 is 3.05 bits per heavy atom. The van der Waals surface area contributed by atoms with Crippen LogP contribution in [-0.4, -0.2) is 26.3 Å². The molecule has 1 atom stereocenters. The second-order valence-electron chi connectivity index (χ2n) is 4.55. The number of aryl methyl sites for hydroxylation is 1. The van der Waals surface area contributed by atoms with Crippen LogP contribution in [0.1, 0.15) is 6.92 Å². The minimum atomic E-state index is -2.86. The summed E-state index contributed by atoms with van der Waals surface area (Å²) in [5.41, 5.74) is 0.904. The highest BCUT2D eigenvalue weighted by Gasteiger charge is 2.23. The van der Waals surface area contributed by atoms with Crippen LogP contribution in [-0.2, 0) is 16.3 Å². The van der Waals surface area contributed by atoms with Gasteiger partial charge in [-0.1, -0.05) is 6.07 Å². The van der Waals surface area contributed by atoms with Gasteiger partial charge in [0.1, 0.15) is 12.4 Å². The zero-order chi connectivity index (χ0) is 14.3. The van der Waals surface area contributed by atoms with Crippen molar-refractivity contribution < 1.29 is 13.3 Å². The Morgan fingerprint density at radius 1 is 1.55 bits per heavy atom. The third kappa shape index (κ3) is 1.98. The monoisotopic (exact) mass is 295 g/mol. The van der Waals surface area contributed by atoms with Crippen molar-refractivity contribution >= 4 is 9.73 Å². The summed E-state index contributed by atoms with van der Waals surface area (Å²) in [4.78, 5) is 0.338. The minimum Gasteiger partial charge on any atom is -0.491 e. The highest BCUT2D eigenvalue weighted by Crippen LogP contribution is 2.34. The number of nitrogens with one attached hydrogen (secondary N) is 1. The molecule has 0 fully saturated rings. The zero-order valence-electron chi connectivity index (χ0n) is 10.9. The standard InChI is InChI=1S/C13H14FN3O2S/c1-2-17-13(14)10(8-16-17)9-3-4-11-12(7-9)20(15,18)6-5-19-11/h3-4,7-8,15H,2,5-6H2,1H3. The van der Waals surface area contributed by atoms with E-state index in [4.69, 9.17) is 9.52 Å². The summed E-state index contributed by atoms with van der Waals surface area (Å²) >= 11 is 0. The normalized spacial score (nSPS) is 21.3. The smallest absolute Gasteiger partial charge is 0.219 e. The highest BCUT2D eigenvalue weighted by molar-refractivity contribution is 7.92. The maximum absolute atomic E-state index is 14.1. The molecule has 5 nitrogen and oxygen atoms in total. The summed E-state index contributed by atoms with van der Waals surface area (Å²) < 4.78 is 40.9. The van der Waals surface area contributed by atoms with Crippen LogP contribution in [0.5, 0.6) is 5.75 Å². The van der Waals surface area contributed by atoms with E-state index in [0.717, 1.165) is 0 Å². The predicted octanol–water partition coefficient (Wildman–Crippen LogP) is 2.51. The van der Waals surface area contributed by atoms with Crippen molar-refractivity contribution in [2.24, 2.45) is 0 Å². The quantitative estimate of drug-likeness (QED) is 0.925. The molecule has 1 aromatic heterocycles. The van der Waals surface area contributed by atoms with E-state index in [1.54, 1.807) is 25.1 Å². The molecular weight excluding hydrogens is 281 g/mol. The maximum Gasteiger partial charge on any atom is 0.219 e. The number of fused-ring (bicyclic) bond motifs is 1. The zero-order valence-corrected chi connectivity index (χ0v) is 11.7. The largest absolute Gasteiger partial charge is 0.491 e. The molecule has 106 valence electrons. The number of benzene rings is 1. The van der Waals surface area contributed by atoms with Crippen LogP contribution < -0.4 is 4.74 Å². The topological polar surface area (TPSA) is 68.0 Å². The summed E-state index contributed by atoms with van der Waals surface area (Å²) in [6.07, 6.45) is 1.44. The number of ether oxygens (including phenoxy) is 1. The molecule has 0 amide bonds. The van der Waals surface area contributed by atoms with Gasteiger partial charge in [0.15, 0.2) is 0 Å². The Morgan fingerprint density at radius 2 is 2.35 bits per heavy atom. The first-order chi connectivity index (χ1) is 9.53. The minimum absolute atomic E-state index is 0.167. The number of nitrogens with zero attached hydrogens (tertiary/aromatic N) is 2. The van der Waals surface area contributed by atoms with Crippen LogP contribution in [0.2, 0.25) is 0 Å². The molecule has 1 aromatic carbocycles. The molecule has 1 unspecified atom stereocenters. The summed E-state index contributed by atoms with van der Waals surface area (Å²) in [6, 6.07) is 4.91. The van der Waals surface area contributed by atoms with Crippen molar-refractivity contribution in [2.75, 3.05) is 12.4 Å². The molecule has 7 heteroatoms. The molecule has 0 spiro atoms. The molecule has 0 bridgehead atoms. The van der Waals surface area contributed by atoms with E-state index < -0.39 is 15.7 Å². The third-order valence-electron chi connectivity index (χ3n) is 3.31. The van der Waals surface area contributed by atoms with Gasteiger partial charge in [0.2, 0.25) is 5.95 Å². The molecule has 0 saturated heterocycles. The van der Waals surface area contributed by atoms with Crippen molar-refractivity contribution in [3.63, 3.8) is 0 Å². The van der Waals surface area contributed by atoms with Gasteiger partial charge < -0.3 is 4.74 Å². The molecule has 20 heavy (non-hydrogen) atoms. The SMILES string of the molecule is CCn1ncc(-c2ccc3c(c2)S(=N)(=O)CCO3)c1F. The first-order valence-corrected chi connectivity index (χ1v) is 8.00. The maximum atomic E-state index is 14.1. The molecule has 1 aliphatic heterocycles. The van der Waals surface area contributed by atoms with E-state index in [1.165, 1.54) is 10.9 Å². The lowest BCUT2D eigenvalue weighted by molar-refractivity contribution is 0.325. The molecule has 3 rings (SSSR count). The average Bonchev–Trinajstić information content (AvgIpc) is 2.79. The van der Waals surface area contributed by atoms with Crippen LogP contribution >= 0.6 is 0 Å². The van der Waals surface area contributed by atoms with E-state index >= 15 is 0 Å². The van der Waals surface area contributed by atoms with Crippen molar-refractivity contribution in [1.29, 1.82) is 4.78 Å². The van der Waals surface area contributed by atoms with Crippen LogP contribution in [0.25, 0.3) is 11.1 Å². The Labute approximate surface area is 116 Å². The van der Waals surface area contributed by atoms with Crippen molar-refractivity contribution in [3.05, 3.63) is 30.3 Å². The number of hydrogen-bond acceptors (Lipinski definition) is 4. The Kier molecular flexibility index (Phi) is 3.01. The lowest BCUT2D eigenvalue weighted by atomic mass is 10.1. The fourth-order valence-corrected chi connectivity index (χ4v) is 3.52. The first-order valence-electron chi connectivity index (χ1n) is 6.28. The summed E-state index contributed by atoms with van der Waals surface area (Å²) in [5.74, 6) is 0.184. The Hall–Kier alpha value is -1.89. The van der Waals surface area contributed by atoms with Crippen molar-refractivity contribution in [1.82, 2.24) is 9.78 Å². The molecular formula is C13H14FN3O2S. The van der Waals surface area contributed by atoms with Gasteiger partial charge in [0, 0.05) is 6.54 Å². The average molecular weight is 295 g/mol. The van der Waals surface area contributed by atoms with E-state index in [9.17, 15) is 8.60 Å². The molecule has 2 aromatic rings. The summed E-state index contributed by atoms with van der Waals surface area (Å²) in [5, 5.41) is 3.95. The number of halogens is 1. The van der Waals surface area contributed by atoms with Gasteiger partial charge in [-0.3, -0.25) is 0 Å². The molecule has 2 heterocycles. The van der Waals surface area contributed by atoms with Crippen LogP contribution in [0.4, 0.5) is 4.39 Å². The molecule has 1 aliphatic rings. The van der Waals surface area contributed by atoms with Crippen LogP contribution in [0, 0.1) is 10.7 Å². The van der Waals surface area contributed by atoms with Crippen molar-refractivity contribution in [2.45, 2.75) is 18.4 Å². The van der Waals surface area contributed by atoms with Gasteiger partial charge in [0.05, 0.1) is 32.1 Å². The third-order valence-corrected chi connectivity index (χ3v) is 5.08. The molecule has 0 saturated carbocycles. The van der Waals surface area contributed by atoms with Gasteiger partial charge in [-0.25, -0.2) is 13.7 Å². The molecule has 0 aliphatic carbocycles. The Bertz CT molecular complexity index is 768. The summed E-state index contributed by atoms with van der Waals surface area (Å²) in [7, 11) is -2.86. The molecule has 1 N–H and O–H groups in total. The second-order valence-corrected chi connectivity index (χ2v) is 6.75. The van der Waals surface area contributed by atoms with Gasteiger partial charge in [-0.15, -0.1) is 0 Å². The fraction of sp³-hybridized carbons (Fsp3) is 0.308. The van der Waals surface area contributed by atoms with E-state index in [-0.39, 0.29) is 12.4 Å². The van der Waals surface area contributed by atoms with Gasteiger partial charge in [-0.05, 0) is 24.6 Å². The fourth-order valence-electron chi connectivity index (χ4n) is 2.22. The van der Waals surface area contributed by atoms with Gasteiger partial charge in [0.25, 0.3) is 0 Å². The van der Waals surface area contributed by atoms with Crippen LogP contribution in [0.3, 0.4) is 0 Å². The van der Waals surface area contributed by atoms with Gasteiger partial charge in [-0.2, -0.15) is 9.49 Å². The molecule has 0 radical (unpaired) electrons. The van der Waals surface area contributed by atoms with E-state index in [0.29, 0.717) is 28.3 Å². The lowest BCUT2D eigenvalue weighted by Gasteiger charge is -2.20. The van der Waals surface area contributed by atoms with E-state index in [1.807, 2.05) is 0 Å². The highest BCUT2D eigenvalue weighted by atomic mass is 32.2. The summed E-state index contributed by atoms with van der Waals surface area (Å²) in [6.45, 7) is 2.52. The first kappa shape index (κ1) is 13.1. The van der Waals surface area contributed by atoms with Gasteiger partial charge >= 0.3 is 0 Å². The Balaban J connectivity index is 2.15. The predicted molar refractivity (Wildman–Crippen MR) is 72.8 cm³/mol. The van der Waals surface area contributed by atoms with Crippen LogP contribution in [0.15, 0.2) is 29.3 Å². The number of hydrogen-bond donors (Lipinski definition) is 1. The number of rotatable bonds is 2. The lowest BCUT2D eigenvalue weighted by Crippen LogP contribution is -2.20. The number of aromatic nitrogens is 2.